The van der Waals surface area contributed by atoms with Crippen molar-refractivity contribution in [2.45, 2.75) is 6.92 Å². The predicted molar refractivity (Wildman–Crippen MR) is 74.3 cm³/mol. The van der Waals surface area contributed by atoms with E-state index in [-0.39, 0.29) is 19.0 Å². The molecule has 1 aromatic carbocycles. The van der Waals surface area contributed by atoms with Crippen molar-refractivity contribution in [1.29, 1.82) is 0 Å². The maximum Gasteiger partial charge on any atom is 0.234 e. The highest BCUT2D eigenvalue weighted by Gasteiger charge is 2.09. The number of aliphatic hydroxyl groups excluding tert-OH is 1. The second kappa shape index (κ2) is 7.79. The molecule has 0 amide bonds. The van der Waals surface area contributed by atoms with Gasteiger partial charge in [0, 0.05) is 17.9 Å². The molecule has 0 bridgehead atoms. The molecule has 0 unspecified atom stereocenters. The summed E-state index contributed by atoms with van der Waals surface area (Å²) in [6, 6.07) is 6.62. The fraction of sp³-hybridized carbons (Fsp3) is 0.385. The molecular weight excluding hydrogens is 266 g/mol. The number of hydrogen-bond acceptors (Lipinski definition) is 4. The van der Waals surface area contributed by atoms with E-state index >= 15 is 0 Å². The number of rotatable bonds is 6. The van der Waals surface area contributed by atoms with Gasteiger partial charge in [-0.3, -0.25) is 4.72 Å². The van der Waals surface area contributed by atoms with Crippen LogP contribution in [0.3, 0.4) is 0 Å². The number of nitrogens with one attached hydrogen (secondary N) is 1. The summed E-state index contributed by atoms with van der Waals surface area (Å²) in [6.45, 7) is 2.28. The summed E-state index contributed by atoms with van der Waals surface area (Å²) in [7, 11) is -3.39. The minimum absolute atomic E-state index is 0.0765. The van der Waals surface area contributed by atoms with Gasteiger partial charge < -0.3 is 9.84 Å². The molecular formula is C13H17NO4S. The van der Waals surface area contributed by atoms with Gasteiger partial charge in [-0.25, -0.2) is 8.42 Å². The minimum Gasteiger partial charge on any atom is -0.384 e. The monoisotopic (exact) mass is 283 g/mol. The van der Waals surface area contributed by atoms with Gasteiger partial charge in [-0.15, -0.1) is 0 Å². The van der Waals surface area contributed by atoms with Crippen LogP contribution in [0.1, 0.15) is 12.5 Å². The van der Waals surface area contributed by atoms with Gasteiger partial charge in [0.05, 0.1) is 12.4 Å². The molecule has 19 heavy (non-hydrogen) atoms. The third kappa shape index (κ3) is 6.25. The van der Waals surface area contributed by atoms with Crippen molar-refractivity contribution in [1.82, 2.24) is 0 Å². The molecule has 0 heterocycles. The second-order valence-corrected chi connectivity index (χ2v) is 5.50. The molecule has 5 nitrogen and oxygen atoms in total. The standard InChI is InChI=1S/C13H17NO4S/c1-2-18-10-11-19(16,17)14-13-7-5-12(6-8-13)4-3-9-15/h5-8,14-15H,2,9-11H2,1H3. The van der Waals surface area contributed by atoms with Gasteiger partial charge in [0.2, 0.25) is 10.0 Å². The van der Waals surface area contributed by atoms with E-state index in [0.29, 0.717) is 17.9 Å². The van der Waals surface area contributed by atoms with Crippen LogP contribution in [0.5, 0.6) is 0 Å². The summed E-state index contributed by atoms with van der Waals surface area (Å²) >= 11 is 0. The summed E-state index contributed by atoms with van der Waals surface area (Å²) in [5.41, 5.74) is 1.19. The van der Waals surface area contributed by atoms with Crippen molar-refractivity contribution in [2.75, 3.05) is 30.3 Å². The van der Waals surface area contributed by atoms with E-state index in [1.165, 1.54) is 0 Å². The lowest BCUT2D eigenvalue weighted by molar-refractivity contribution is 0.163. The van der Waals surface area contributed by atoms with Crippen molar-refractivity contribution in [3.05, 3.63) is 29.8 Å². The Hall–Kier alpha value is -1.55. The van der Waals surface area contributed by atoms with Crippen molar-refractivity contribution in [3.63, 3.8) is 0 Å². The number of aliphatic hydroxyl groups is 1. The highest BCUT2D eigenvalue weighted by molar-refractivity contribution is 7.92. The molecule has 0 radical (unpaired) electrons. The van der Waals surface area contributed by atoms with Gasteiger partial charge in [-0.2, -0.15) is 0 Å². The summed E-state index contributed by atoms with van der Waals surface area (Å²) in [5.74, 6) is 5.17. The van der Waals surface area contributed by atoms with Crippen LogP contribution in [-0.2, 0) is 14.8 Å². The van der Waals surface area contributed by atoms with Gasteiger partial charge in [-0.1, -0.05) is 11.8 Å². The molecule has 0 aromatic heterocycles. The maximum atomic E-state index is 11.7. The Bertz CT molecular complexity index is 540. The van der Waals surface area contributed by atoms with Gasteiger partial charge in [-0.05, 0) is 31.2 Å². The highest BCUT2D eigenvalue weighted by Crippen LogP contribution is 2.10. The van der Waals surface area contributed by atoms with Gasteiger partial charge in [0.1, 0.15) is 6.61 Å². The van der Waals surface area contributed by atoms with Crippen LogP contribution in [0.25, 0.3) is 0 Å². The number of sulfonamides is 1. The molecule has 6 heteroatoms. The lowest BCUT2D eigenvalue weighted by atomic mass is 10.2. The van der Waals surface area contributed by atoms with E-state index in [1.807, 2.05) is 6.92 Å². The zero-order chi connectivity index (χ0) is 14.1. The molecule has 2 N–H and O–H groups in total. The Labute approximate surface area is 113 Å². The van der Waals surface area contributed by atoms with E-state index in [4.69, 9.17) is 9.84 Å². The second-order valence-electron chi connectivity index (χ2n) is 3.66. The Morgan fingerprint density at radius 1 is 1.32 bits per heavy atom. The fourth-order valence-electron chi connectivity index (χ4n) is 1.31. The van der Waals surface area contributed by atoms with Crippen LogP contribution in [0, 0.1) is 11.8 Å². The predicted octanol–water partition coefficient (Wildman–Crippen LogP) is 0.809. The number of benzene rings is 1. The van der Waals surface area contributed by atoms with Gasteiger partial charge >= 0.3 is 0 Å². The van der Waals surface area contributed by atoms with Crippen molar-refractivity contribution >= 4 is 15.7 Å². The summed E-state index contributed by atoms with van der Waals surface area (Å²) in [5, 5.41) is 8.56. The van der Waals surface area contributed by atoms with E-state index in [1.54, 1.807) is 24.3 Å². The number of ether oxygens (including phenoxy) is 1. The van der Waals surface area contributed by atoms with Crippen molar-refractivity contribution in [2.24, 2.45) is 0 Å². The minimum atomic E-state index is -3.39. The zero-order valence-corrected chi connectivity index (χ0v) is 11.5. The first-order valence-electron chi connectivity index (χ1n) is 5.85. The van der Waals surface area contributed by atoms with E-state index < -0.39 is 10.0 Å². The molecule has 0 aliphatic heterocycles. The summed E-state index contributed by atoms with van der Waals surface area (Å²) in [4.78, 5) is 0. The fourth-order valence-corrected chi connectivity index (χ4v) is 2.24. The normalized spacial score (nSPS) is 10.6. The average molecular weight is 283 g/mol. The Kier molecular flexibility index (Phi) is 6.36. The zero-order valence-electron chi connectivity index (χ0n) is 10.7. The first-order chi connectivity index (χ1) is 9.07. The van der Waals surface area contributed by atoms with Crippen molar-refractivity contribution in [3.8, 4) is 11.8 Å². The molecule has 0 atom stereocenters. The molecule has 1 aromatic rings. The topological polar surface area (TPSA) is 75.6 Å². The Balaban J connectivity index is 2.62. The molecule has 104 valence electrons. The first-order valence-corrected chi connectivity index (χ1v) is 7.50. The van der Waals surface area contributed by atoms with Gasteiger partial charge in [0.15, 0.2) is 0 Å². The number of hydrogen-bond donors (Lipinski definition) is 2. The molecule has 0 saturated heterocycles. The van der Waals surface area contributed by atoms with Gasteiger partial charge in [0.25, 0.3) is 0 Å². The smallest absolute Gasteiger partial charge is 0.234 e. The van der Waals surface area contributed by atoms with Crippen LogP contribution in [-0.4, -0.2) is 39.1 Å². The molecule has 0 fully saturated rings. The molecule has 0 spiro atoms. The Morgan fingerprint density at radius 3 is 2.58 bits per heavy atom. The summed E-state index contributed by atoms with van der Waals surface area (Å²) < 4.78 is 30.8. The third-order valence-corrected chi connectivity index (χ3v) is 3.42. The SMILES string of the molecule is CCOCCS(=O)(=O)Nc1ccc(C#CCO)cc1. The van der Waals surface area contributed by atoms with Crippen molar-refractivity contribution < 1.29 is 18.3 Å². The third-order valence-electron chi connectivity index (χ3n) is 2.17. The molecule has 0 aliphatic carbocycles. The van der Waals surface area contributed by atoms with Crippen LogP contribution < -0.4 is 4.72 Å². The van der Waals surface area contributed by atoms with Crippen LogP contribution in [0.2, 0.25) is 0 Å². The quantitative estimate of drug-likeness (QED) is 0.598. The maximum absolute atomic E-state index is 11.7. The highest BCUT2D eigenvalue weighted by atomic mass is 32.2. The summed E-state index contributed by atoms with van der Waals surface area (Å²) in [6.07, 6.45) is 0. The lowest BCUT2D eigenvalue weighted by Gasteiger charge is -2.07. The van der Waals surface area contributed by atoms with E-state index in [9.17, 15) is 8.42 Å². The molecule has 0 aliphatic rings. The van der Waals surface area contributed by atoms with E-state index in [0.717, 1.165) is 0 Å². The number of anilines is 1. The van der Waals surface area contributed by atoms with Crippen LogP contribution in [0.4, 0.5) is 5.69 Å². The molecule has 1 rings (SSSR count). The van der Waals surface area contributed by atoms with E-state index in [2.05, 4.69) is 16.6 Å². The average Bonchev–Trinajstić information content (AvgIpc) is 2.38. The largest absolute Gasteiger partial charge is 0.384 e. The molecule has 0 saturated carbocycles. The van der Waals surface area contributed by atoms with Crippen LogP contribution >= 0.6 is 0 Å². The lowest BCUT2D eigenvalue weighted by Crippen LogP contribution is -2.20. The Morgan fingerprint density at radius 2 is 2.00 bits per heavy atom. The first kappa shape index (κ1) is 15.5. The van der Waals surface area contributed by atoms with Crippen LogP contribution in [0.15, 0.2) is 24.3 Å².